The van der Waals surface area contributed by atoms with E-state index >= 15 is 0 Å². The van der Waals surface area contributed by atoms with Crippen molar-refractivity contribution in [1.29, 1.82) is 0 Å². The van der Waals surface area contributed by atoms with Crippen LogP contribution in [0.3, 0.4) is 0 Å². The summed E-state index contributed by atoms with van der Waals surface area (Å²) in [4.78, 5) is 12.1. The molecule has 0 N–H and O–H groups in total. The Kier molecular flexibility index (Phi) is 2.56. The summed E-state index contributed by atoms with van der Waals surface area (Å²) in [5.41, 5.74) is 0.276. The first-order valence-electron chi connectivity index (χ1n) is 6.40. The first-order chi connectivity index (χ1) is 8.97. The molecule has 1 aromatic rings. The summed E-state index contributed by atoms with van der Waals surface area (Å²) < 4.78 is 34.7. The van der Waals surface area contributed by atoms with Crippen molar-refractivity contribution >= 4 is 5.78 Å². The average molecular weight is 268 g/mol. The number of hydrogen-bond acceptors (Lipinski definition) is 3. The molecule has 3 rings (SSSR count). The number of alkyl halides is 2. The van der Waals surface area contributed by atoms with Crippen molar-refractivity contribution in [3.05, 3.63) is 23.8 Å². The number of rotatable bonds is 4. The molecular weight excluding hydrogens is 254 g/mol. The predicted molar refractivity (Wildman–Crippen MR) is 63.5 cm³/mol. The highest BCUT2D eigenvalue weighted by molar-refractivity contribution is 5.93. The summed E-state index contributed by atoms with van der Waals surface area (Å²) in [6.45, 7) is 1.95. The van der Waals surface area contributed by atoms with Crippen molar-refractivity contribution in [2.24, 2.45) is 0 Å². The maximum Gasteiger partial charge on any atom is 0.586 e. The molecule has 102 valence electrons. The lowest BCUT2D eigenvalue weighted by Gasteiger charge is -2.14. The predicted octanol–water partition coefficient (Wildman–Crippen LogP) is 3.41. The Labute approximate surface area is 109 Å². The van der Waals surface area contributed by atoms with Gasteiger partial charge >= 0.3 is 6.29 Å². The number of ether oxygens (including phenoxy) is 2. The van der Waals surface area contributed by atoms with Gasteiger partial charge in [-0.15, -0.1) is 8.78 Å². The summed E-state index contributed by atoms with van der Waals surface area (Å²) in [6, 6.07) is 4.64. The third-order valence-electron chi connectivity index (χ3n) is 3.71. The SMILES string of the molecule is CCCC(=O)C1(c2ccc3c(c2)OC(F)(F)O3)CC1. The van der Waals surface area contributed by atoms with E-state index in [0.717, 1.165) is 24.8 Å². The fraction of sp³-hybridized carbons (Fsp3) is 0.500. The first-order valence-corrected chi connectivity index (χ1v) is 6.40. The Bertz CT molecular complexity index is 535. The summed E-state index contributed by atoms with van der Waals surface area (Å²) in [5.74, 6) is 0.214. The number of fused-ring (bicyclic) bond motifs is 1. The molecular formula is C14H14F2O3. The number of ketones is 1. The summed E-state index contributed by atoms with van der Waals surface area (Å²) in [7, 11) is 0. The average Bonchev–Trinajstić information content (AvgIpc) is 3.07. The minimum atomic E-state index is -3.61. The Balaban J connectivity index is 1.91. The number of carbonyl (C=O) groups is 1. The number of carbonyl (C=O) groups excluding carboxylic acids is 1. The molecule has 1 fully saturated rings. The lowest BCUT2D eigenvalue weighted by molar-refractivity contribution is -0.286. The molecule has 1 aliphatic carbocycles. The van der Waals surface area contributed by atoms with E-state index in [0.29, 0.717) is 6.42 Å². The quantitative estimate of drug-likeness (QED) is 0.839. The van der Waals surface area contributed by atoms with Gasteiger partial charge in [0.05, 0.1) is 5.41 Å². The molecule has 1 saturated carbocycles. The van der Waals surface area contributed by atoms with E-state index in [1.807, 2.05) is 6.92 Å². The van der Waals surface area contributed by atoms with Crippen LogP contribution >= 0.6 is 0 Å². The smallest absolute Gasteiger partial charge is 0.395 e. The van der Waals surface area contributed by atoms with Crippen LogP contribution < -0.4 is 9.47 Å². The first kappa shape index (κ1) is 12.4. The van der Waals surface area contributed by atoms with Crippen LogP contribution in [0.2, 0.25) is 0 Å². The molecule has 0 bridgehead atoms. The minimum Gasteiger partial charge on any atom is -0.395 e. The third kappa shape index (κ3) is 1.97. The van der Waals surface area contributed by atoms with Gasteiger partial charge in [0.2, 0.25) is 0 Å². The highest BCUT2D eigenvalue weighted by atomic mass is 19.3. The lowest BCUT2D eigenvalue weighted by Crippen LogP contribution is -2.26. The van der Waals surface area contributed by atoms with E-state index in [9.17, 15) is 13.6 Å². The Morgan fingerprint density at radius 1 is 1.26 bits per heavy atom. The molecule has 0 amide bonds. The molecule has 0 unspecified atom stereocenters. The number of hydrogen-bond donors (Lipinski definition) is 0. The molecule has 19 heavy (non-hydrogen) atoms. The van der Waals surface area contributed by atoms with Gasteiger partial charge in [0.15, 0.2) is 11.5 Å². The van der Waals surface area contributed by atoms with Gasteiger partial charge in [-0.25, -0.2) is 0 Å². The maximum absolute atomic E-state index is 12.9. The van der Waals surface area contributed by atoms with Crippen LogP contribution in [-0.4, -0.2) is 12.1 Å². The van der Waals surface area contributed by atoms with Gasteiger partial charge in [-0.2, -0.15) is 0 Å². The van der Waals surface area contributed by atoms with Gasteiger partial charge in [-0.3, -0.25) is 4.79 Å². The molecule has 0 atom stereocenters. The highest BCUT2D eigenvalue weighted by Crippen LogP contribution is 2.52. The zero-order chi connectivity index (χ0) is 13.7. The van der Waals surface area contributed by atoms with E-state index in [-0.39, 0.29) is 17.3 Å². The molecule has 1 heterocycles. The largest absolute Gasteiger partial charge is 0.586 e. The van der Waals surface area contributed by atoms with Gasteiger partial charge < -0.3 is 9.47 Å². The van der Waals surface area contributed by atoms with Crippen LogP contribution in [-0.2, 0) is 10.2 Å². The molecule has 1 aromatic carbocycles. The molecule has 0 saturated heterocycles. The van der Waals surface area contributed by atoms with Gasteiger partial charge in [-0.05, 0) is 37.0 Å². The van der Waals surface area contributed by atoms with Crippen molar-refractivity contribution < 1.29 is 23.0 Å². The van der Waals surface area contributed by atoms with Crippen LogP contribution in [0.4, 0.5) is 8.78 Å². The molecule has 3 nitrogen and oxygen atoms in total. The zero-order valence-electron chi connectivity index (χ0n) is 10.5. The molecule has 0 spiro atoms. The van der Waals surface area contributed by atoms with Crippen LogP contribution in [0.15, 0.2) is 18.2 Å². The van der Waals surface area contributed by atoms with Crippen molar-refractivity contribution in [2.45, 2.75) is 44.3 Å². The minimum absolute atomic E-state index is 0.0121. The number of halogens is 2. The summed E-state index contributed by atoms with van der Waals surface area (Å²) >= 11 is 0. The zero-order valence-corrected chi connectivity index (χ0v) is 10.5. The molecule has 0 radical (unpaired) electrons. The maximum atomic E-state index is 12.9. The summed E-state index contributed by atoms with van der Waals surface area (Å²) in [5, 5.41) is 0. The van der Waals surface area contributed by atoms with Crippen molar-refractivity contribution in [2.75, 3.05) is 0 Å². The molecule has 2 aliphatic rings. The van der Waals surface area contributed by atoms with Crippen LogP contribution in [0.25, 0.3) is 0 Å². The number of benzene rings is 1. The number of Topliss-reactive ketones (excluding diaryl/α,β-unsaturated/α-hetero) is 1. The fourth-order valence-electron chi connectivity index (χ4n) is 2.57. The normalized spacial score (nSPS) is 21.2. The van der Waals surface area contributed by atoms with E-state index < -0.39 is 11.7 Å². The van der Waals surface area contributed by atoms with E-state index in [1.54, 1.807) is 6.07 Å². The monoisotopic (exact) mass is 268 g/mol. The van der Waals surface area contributed by atoms with E-state index in [2.05, 4.69) is 9.47 Å². The van der Waals surface area contributed by atoms with E-state index in [4.69, 9.17) is 0 Å². The van der Waals surface area contributed by atoms with Crippen LogP contribution in [0.5, 0.6) is 11.5 Å². The van der Waals surface area contributed by atoms with Crippen molar-refractivity contribution in [3.63, 3.8) is 0 Å². The van der Waals surface area contributed by atoms with E-state index in [1.165, 1.54) is 12.1 Å². The Hall–Kier alpha value is -1.65. The van der Waals surface area contributed by atoms with Gasteiger partial charge in [0.25, 0.3) is 0 Å². The highest BCUT2D eigenvalue weighted by Gasteiger charge is 2.51. The van der Waals surface area contributed by atoms with Gasteiger partial charge in [-0.1, -0.05) is 13.0 Å². The van der Waals surface area contributed by atoms with Gasteiger partial charge in [0, 0.05) is 6.42 Å². The molecule has 5 heteroatoms. The lowest BCUT2D eigenvalue weighted by atomic mass is 9.89. The topological polar surface area (TPSA) is 35.5 Å². The Morgan fingerprint density at radius 3 is 2.58 bits per heavy atom. The molecule has 1 aliphatic heterocycles. The molecule has 0 aromatic heterocycles. The fourth-order valence-corrected chi connectivity index (χ4v) is 2.57. The van der Waals surface area contributed by atoms with Crippen LogP contribution in [0, 0.1) is 0 Å². The van der Waals surface area contributed by atoms with Crippen molar-refractivity contribution in [1.82, 2.24) is 0 Å². The van der Waals surface area contributed by atoms with Crippen molar-refractivity contribution in [3.8, 4) is 11.5 Å². The third-order valence-corrected chi connectivity index (χ3v) is 3.71. The second kappa shape index (κ2) is 3.92. The van der Waals surface area contributed by atoms with Crippen LogP contribution in [0.1, 0.15) is 38.2 Å². The summed E-state index contributed by atoms with van der Waals surface area (Å²) in [6.07, 6.45) is -0.733. The standard InChI is InChI=1S/C14H14F2O3/c1-2-3-12(17)13(6-7-13)9-4-5-10-11(8-9)19-14(15,16)18-10/h4-5,8H,2-3,6-7H2,1H3. The second-order valence-corrected chi connectivity index (χ2v) is 5.08. The Morgan fingerprint density at radius 2 is 1.95 bits per heavy atom. The van der Waals surface area contributed by atoms with Gasteiger partial charge in [0.1, 0.15) is 5.78 Å². The second-order valence-electron chi connectivity index (χ2n) is 5.08.